The normalized spacial score (nSPS) is 16.2. The van der Waals surface area contributed by atoms with Crippen LogP contribution in [0.4, 0.5) is 4.79 Å². The molecule has 0 aliphatic carbocycles. The molecule has 7 heteroatoms. The highest BCUT2D eigenvalue weighted by atomic mass is 16.6. The molecular weight excluding hydrogens is 747 g/mol. The number of nitrogens with zero attached hydrogens (tertiary/aromatic N) is 1. The Labute approximate surface area is 370 Å². The van der Waals surface area contributed by atoms with Gasteiger partial charge in [0.15, 0.2) is 0 Å². The van der Waals surface area contributed by atoms with Crippen LogP contribution in [0.3, 0.4) is 0 Å². The molecule has 1 saturated heterocycles. The van der Waals surface area contributed by atoms with Gasteiger partial charge in [0, 0.05) is 13.1 Å². The van der Waals surface area contributed by atoms with Gasteiger partial charge in [-0.05, 0) is 149 Å². The molecule has 0 aromatic carbocycles. The first-order valence-corrected chi connectivity index (χ1v) is 25.0. The van der Waals surface area contributed by atoms with E-state index in [4.69, 9.17) is 14.2 Å². The van der Waals surface area contributed by atoms with Crippen LogP contribution in [0.25, 0.3) is 0 Å². The van der Waals surface area contributed by atoms with E-state index in [1.165, 1.54) is 81.9 Å². The molecule has 346 valence electrons. The number of ether oxygens (including phenoxy) is 3. The predicted molar refractivity (Wildman–Crippen MR) is 253 cm³/mol. The van der Waals surface area contributed by atoms with E-state index in [1.54, 1.807) is 0 Å². The van der Waals surface area contributed by atoms with E-state index in [0.29, 0.717) is 0 Å². The van der Waals surface area contributed by atoms with Gasteiger partial charge in [-0.3, -0.25) is 9.59 Å². The summed E-state index contributed by atoms with van der Waals surface area (Å²) in [6.45, 7) is 14.5. The summed E-state index contributed by atoms with van der Waals surface area (Å²) in [5.74, 6) is -2.42. The SMILES string of the molecule is CCCCC/C=C\CCCC(CCC/C=C\CCCCC)OC(=O)C1CN(C(=O)OC(C)(C)C)CC1C(=O)OC(CCC/C=C\CCCCC)CCC/C=C\CCCCC. The third-order valence-electron chi connectivity index (χ3n) is 11.3. The number of amides is 1. The summed E-state index contributed by atoms with van der Waals surface area (Å²) in [5, 5.41) is 0. The average molecular weight is 840 g/mol. The minimum Gasteiger partial charge on any atom is -0.462 e. The summed E-state index contributed by atoms with van der Waals surface area (Å²) in [7, 11) is 0. The maximum Gasteiger partial charge on any atom is 0.410 e. The molecule has 1 aliphatic rings. The maximum atomic E-state index is 14.2. The third-order valence-corrected chi connectivity index (χ3v) is 11.3. The minimum atomic E-state index is -0.804. The van der Waals surface area contributed by atoms with Crippen LogP contribution >= 0.6 is 0 Å². The Morgan fingerprint density at radius 2 is 0.733 bits per heavy atom. The van der Waals surface area contributed by atoms with Gasteiger partial charge in [-0.1, -0.05) is 128 Å². The van der Waals surface area contributed by atoms with E-state index >= 15 is 0 Å². The molecule has 1 amide bonds. The van der Waals surface area contributed by atoms with Crippen molar-refractivity contribution < 1.29 is 28.6 Å². The van der Waals surface area contributed by atoms with Crippen LogP contribution in [-0.2, 0) is 23.8 Å². The van der Waals surface area contributed by atoms with Crippen LogP contribution in [0.15, 0.2) is 48.6 Å². The molecule has 1 heterocycles. The fourth-order valence-electron chi connectivity index (χ4n) is 7.63. The number of rotatable bonds is 36. The molecule has 0 saturated carbocycles. The van der Waals surface area contributed by atoms with Crippen LogP contribution in [0.5, 0.6) is 0 Å². The Balaban J connectivity index is 3.14. The summed E-state index contributed by atoms with van der Waals surface area (Å²) in [6.07, 6.45) is 47.0. The number of carbonyl (C=O) groups is 3. The Bertz CT molecular complexity index is 1070. The van der Waals surface area contributed by atoms with Gasteiger partial charge in [0.1, 0.15) is 17.8 Å². The van der Waals surface area contributed by atoms with Gasteiger partial charge in [0.05, 0.1) is 11.8 Å². The van der Waals surface area contributed by atoms with Crippen molar-refractivity contribution in [3.8, 4) is 0 Å². The fourth-order valence-corrected chi connectivity index (χ4v) is 7.63. The molecule has 0 aromatic heterocycles. The molecule has 0 bridgehead atoms. The van der Waals surface area contributed by atoms with Gasteiger partial charge >= 0.3 is 18.0 Å². The Hall–Kier alpha value is -2.83. The highest BCUT2D eigenvalue weighted by Crippen LogP contribution is 2.30. The first kappa shape index (κ1) is 55.2. The van der Waals surface area contributed by atoms with Crippen molar-refractivity contribution in [1.82, 2.24) is 4.90 Å². The molecule has 0 N–H and O–H groups in total. The second-order valence-electron chi connectivity index (χ2n) is 18.3. The van der Waals surface area contributed by atoms with Crippen LogP contribution in [0, 0.1) is 11.8 Å². The topological polar surface area (TPSA) is 82.1 Å². The molecule has 0 radical (unpaired) electrons. The van der Waals surface area contributed by atoms with Gasteiger partial charge in [-0.15, -0.1) is 0 Å². The Kier molecular flexibility index (Phi) is 33.8. The molecule has 1 fully saturated rings. The molecule has 1 rings (SSSR count). The molecule has 2 unspecified atom stereocenters. The predicted octanol–water partition coefficient (Wildman–Crippen LogP) is 15.5. The van der Waals surface area contributed by atoms with E-state index in [1.807, 2.05) is 20.8 Å². The van der Waals surface area contributed by atoms with Crippen molar-refractivity contribution in [1.29, 1.82) is 0 Å². The van der Waals surface area contributed by atoms with Crippen LogP contribution < -0.4 is 0 Å². The lowest BCUT2D eigenvalue weighted by molar-refractivity contribution is -0.165. The average Bonchev–Trinajstić information content (AvgIpc) is 3.67. The molecular formula is C53H93NO6. The number of carbonyl (C=O) groups excluding carboxylic acids is 3. The quantitative estimate of drug-likeness (QED) is 0.0270. The summed E-state index contributed by atoms with van der Waals surface area (Å²) in [6, 6.07) is 0. The monoisotopic (exact) mass is 840 g/mol. The molecule has 0 spiro atoms. The molecule has 2 atom stereocenters. The van der Waals surface area contributed by atoms with Crippen molar-refractivity contribution in [3.63, 3.8) is 0 Å². The van der Waals surface area contributed by atoms with Gasteiger partial charge < -0.3 is 19.1 Å². The van der Waals surface area contributed by atoms with Gasteiger partial charge in [-0.2, -0.15) is 0 Å². The van der Waals surface area contributed by atoms with Crippen molar-refractivity contribution in [3.05, 3.63) is 48.6 Å². The molecule has 60 heavy (non-hydrogen) atoms. The van der Waals surface area contributed by atoms with Gasteiger partial charge in [-0.25, -0.2) is 4.79 Å². The van der Waals surface area contributed by atoms with Crippen molar-refractivity contribution in [2.75, 3.05) is 13.1 Å². The zero-order valence-corrected chi connectivity index (χ0v) is 40.0. The second kappa shape index (κ2) is 36.8. The Morgan fingerprint density at radius 1 is 0.467 bits per heavy atom. The standard InChI is InChI=1S/C53H93NO6/c1-8-12-16-20-24-28-32-36-40-46(41-37-33-29-25-21-17-13-9-2)58-50(55)48-44-54(52(57)60-53(5,6)7)45-49(48)51(56)59-47(42-38-34-30-26-22-18-14-10-3)43-39-35-31-27-23-19-15-11-4/h24-31,46-49H,8-23,32-45H2,1-7H3/b28-24-,29-25-,30-26-,31-27-. The molecule has 7 nitrogen and oxygen atoms in total. The maximum absolute atomic E-state index is 14.2. The van der Waals surface area contributed by atoms with Crippen molar-refractivity contribution in [2.45, 2.75) is 246 Å². The number of unbranched alkanes of at least 4 members (excludes halogenated alkanes) is 16. The zero-order valence-electron chi connectivity index (χ0n) is 40.0. The van der Waals surface area contributed by atoms with Crippen LogP contribution in [-0.4, -0.2) is 53.8 Å². The summed E-state index contributed by atoms with van der Waals surface area (Å²) in [5.41, 5.74) is -0.703. The Morgan fingerprint density at radius 3 is 0.983 bits per heavy atom. The van der Waals surface area contributed by atoms with E-state index in [0.717, 1.165) is 103 Å². The fraction of sp³-hybridized carbons (Fsp3) is 0.792. The molecule has 0 aromatic rings. The smallest absolute Gasteiger partial charge is 0.410 e. The van der Waals surface area contributed by atoms with E-state index < -0.39 is 35.5 Å². The third kappa shape index (κ3) is 29.4. The lowest BCUT2D eigenvalue weighted by Gasteiger charge is -2.24. The first-order valence-electron chi connectivity index (χ1n) is 25.0. The first-order chi connectivity index (χ1) is 29.1. The zero-order chi connectivity index (χ0) is 44.1. The number of likely N-dealkylation sites (tertiary alicyclic amines) is 1. The van der Waals surface area contributed by atoms with Crippen molar-refractivity contribution in [2.24, 2.45) is 11.8 Å². The lowest BCUT2D eigenvalue weighted by Crippen LogP contribution is -2.36. The summed E-state index contributed by atoms with van der Waals surface area (Å²) >= 11 is 0. The number of hydrogen-bond acceptors (Lipinski definition) is 6. The molecule has 1 aliphatic heterocycles. The van der Waals surface area contributed by atoms with Gasteiger partial charge in [0.2, 0.25) is 0 Å². The minimum absolute atomic E-state index is 0.0809. The van der Waals surface area contributed by atoms with Gasteiger partial charge in [0.25, 0.3) is 0 Å². The van der Waals surface area contributed by atoms with Crippen LogP contribution in [0.2, 0.25) is 0 Å². The summed E-state index contributed by atoms with van der Waals surface area (Å²) in [4.78, 5) is 43.3. The lowest BCUT2D eigenvalue weighted by atomic mass is 9.95. The van der Waals surface area contributed by atoms with E-state index in [9.17, 15) is 14.4 Å². The highest BCUT2D eigenvalue weighted by Gasteiger charge is 2.47. The van der Waals surface area contributed by atoms with Crippen molar-refractivity contribution >= 4 is 18.0 Å². The van der Waals surface area contributed by atoms with Crippen LogP contribution in [0.1, 0.15) is 228 Å². The number of hydrogen-bond donors (Lipinski definition) is 0. The largest absolute Gasteiger partial charge is 0.462 e. The number of allylic oxidation sites excluding steroid dienone is 8. The van der Waals surface area contributed by atoms with E-state index in [-0.39, 0.29) is 25.3 Å². The second-order valence-corrected chi connectivity index (χ2v) is 18.3. The highest BCUT2D eigenvalue weighted by molar-refractivity contribution is 5.85. The number of esters is 2. The summed E-state index contributed by atoms with van der Waals surface area (Å²) < 4.78 is 18.4. The van der Waals surface area contributed by atoms with E-state index in [2.05, 4.69) is 76.3 Å².